The third-order valence-electron chi connectivity index (χ3n) is 2.67. The molecule has 0 spiro atoms. The number of alkyl halides is 3. The van der Waals surface area contributed by atoms with Crippen LogP contribution in [-0.2, 0) is 0 Å². The minimum Gasteiger partial charge on any atom is -0.468 e. The van der Waals surface area contributed by atoms with Gasteiger partial charge in [0.05, 0.1) is 11.9 Å². The first kappa shape index (κ1) is 12.9. The van der Waals surface area contributed by atoms with E-state index in [1.807, 2.05) is 0 Å². The van der Waals surface area contributed by atoms with Gasteiger partial charge < -0.3 is 15.8 Å². The third kappa shape index (κ3) is 3.76. The predicted octanol–water partition coefficient (Wildman–Crippen LogP) is 1.92. The van der Waals surface area contributed by atoms with Crippen molar-refractivity contribution >= 4 is 5.69 Å². The summed E-state index contributed by atoms with van der Waals surface area (Å²) in [6.07, 6.45) is -1.10. The molecule has 2 rings (SSSR count). The minimum absolute atomic E-state index is 0.0387. The monoisotopic (exact) mass is 261 g/mol. The molecule has 0 aromatic carbocycles. The van der Waals surface area contributed by atoms with Crippen molar-refractivity contribution in [1.82, 2.24) is 4.98 Å². The van der Waals surface area contributed by atoms with Gasteiger partial charge in [-0.1, -0.05) is 0 Å². The molecule has 1 aromatic rings. The van der Waals surface area contributed by atoms with Crippen LogP contribution in [0.15, 0.2) is 18.3 Å². The van der Waals surface area contributed by atoms with Crippen molar-refractivity contribution in [3.05, 3.63) is 18.3 Å². The average molecular weight is 261 g/mol. The lowest BCUT2D eigenvalue weighted by atomic mass is 9.87. The zero-order chi connectivity index (χ0) is 13.2. The van der Waals surface area contributed by atoms with Crippen LogP contribution in [-0.4, -0.2) is 29.9 Å². The highest BCUT2D eigenvalue weighted by molar-refractivity contribution is 5.43. The van der Waals surface area contributed by atoms with Gasteiger partial charge in [-0.25, -0.2) is 4.98 Å². The zero-order valence-corrected chi connectivity index (χ0v) is 9.57. The van der Waals surface area contributed by atoms with E-state index in [-0.39, 0.29) is 11.9 Å². The highest BCUT2D eigenvalue weighted by atomic mass is 19.4. The fraction of sp³-hybridized carbons (Fsp3) is 0.545. The smallest absolute Gasteiger partial charge is 0.422 e. The fourth-order valence-electron chi connectivity index (χ4n) is 1.72. The van der Waals surface area contributed by atoms with Crippen LogP contribution < -0.4 is 15.8 Å². The SMILES string of the molecule is NC1CC(Nc2ccc(OCC(F)(F)F)nc2)C1. The van der Waals surface area contributed by atoms with E-state index in [0.717, 1.165) is 18.5 Å². The molecule has 0 unspecified atom stereocenters. The Kier molecular flexibility index (Phi) is 3.60. The Labute approximate surface area is 102 Å². The van der Waals surface area contributed by atoms with E-state index in [2.05, 4.69) is 15.0 Å². The maximum absolute atomic E-state index is 11.9. The molecular weight excluding hydrogens is 247 g/mol. The summed E-state index contributed by atoms with van der Waals surface area (Å²) in [6, 6.07) is 3.61. The van der Waals surface area contributed by atoms with Gasteiger partial charge in [-0.2, -0.15) is 13.2 Å². The van der Waals surface area contributed by atoms with E-state index in [1.54, 1.807) is 6.07 Å². The van der Waals surface area contributed by atoms with Crippen LogP contribution >= 0.6 is 0 Å². The first-order chi connectivity index (χ1) is 8.42. The topological polar surface area (TPSA) is 60.2 Å². The molecule has 4 nitrogen and oxygen atoms in total. The quantitative estimate of drug-likeness (QED) is 0.869. The number of nitrogens with one attached hydrogen (secondary N) is 1. The Bertz CT molecular complexity index is 388. The third-order valence-corrected chi connectivity index (χ3v) is 2.67. The lowest BCUT2D eigenvalue weighted by molar-refractivity contribution is -0.154. The standard InChI is InChI=1S/C11H14F3N3O/c12-11(13,14)6-18-10-2-1-8(5-16-10)17-9-3-7(15)4-9/h1-2,5,7,9,17H,3-4,6,15H2. The Morgan fingerprint density at radius 3 is 2.61 bits per heavy atom. The van der Waals surface area contributed by atoms with Crippen molar-refractivity contribution in [3.8, 4) is 5.88 Å². The fourth-order valence-corrected chi connectivity index (χ4v) is 1.72. The van der Waals surface area contributed by atoms with E-state index < -0.39 is 12.8 Å². The number of ether oxygens (including phenoxy) is 1. The Balaban J connectivity index is 1.82. The lowest BCUT2D eigenvalue weighted by Gasteiger charge is -2.33. The highest BCUT2D eigenvalue weighted by Gasteiger charge is 2.28. The molecule has 1 aromatic heterocycles. The summed E-state index contributed by atoms with van der Waals surface area (Å²) < 4.78 is 40.2. The number of nitrogens with zero attached hydrogens (tertiary/aromatic N) is 1. The van der Waals surface area contributed by atoms with Crippen LogP contribution in [0.3, 0.4) is 0 Å². The Morgan fingerprint density at radius 2 is 2.11 bits per heavy atom. The normalized spacial score (nSPS) is 23.3. The Morgan fingerprint density at radius 1 is 1.39 bits per heavy atom. The molecule has 0 saturated heterocycles. The van der Waals surface area contributed by atoms with Gasteiger partial charge in [0, 0.05) is 18.2 Å². The van der Waals surface area contributed by atoms with Gasteiger partial charge in [0.1, 0.15) is 0 Å². The van der Waals surface area contributed by atoms with Crippen molar-refractivity contribution in [2.24, 2.45) is 5.73 Å². The summed E-state index contributed by atoms with van der Waals surface area (Å²) >= 11 is 0. The second kappa shape index (κ2) is 5.01. The molecule has 0 radical (unpaired) electrons. The maximum Gasteiger partial charge on any atom is 0.422 e. The molecule has 1 aliphatic carbocycles. The van der Waals surface area contributed by atoms with Crippen LogP contribution in [0, 0.1) is 0 Å². The number of hydrogen-bond donors (Lipinski definition) is 2. The summed E-state index contributed by atoms with van der Waals surface area (Å²) in [6.45, 7) is -1.33. The second-order valence-electron chi connectivity index (χ2n) is 4.36. The molecule has 1 fully saturated rings. The molecule has 0 amide bonds. The van der Waals surface area contributed by atoms with E-state index in [9.17, 15) is 13.2 Å². The zero-order valence-electron chi connectivity index (χ0n) is 9.57. The largest absolute Gasteiger partial charge is 0.468 e. The molecular formula is C11H14F3N3O. The average Bonchev–Trinajstić information content (AvgIpc) is 2.25. The summed E-state index contributed by atoms with van der Waals surface area (Å²) in [4.78, 5) is 3.80. The van der Waals surface area contributed by atoms with Crippen molar-refractivity contribution in [1.29, 1.82) is 0 Å². The molecule has 1 aliphatic rings. The van der Waals surface area contributed by atoms with Gasteiger partial charge in [0.2, 0.25) is 5.88 Å². The van der Waals surface area contributed by atoms with Crippen molar-refractivity contribution in [2.45, 2.75) is 31.1 Å². The van der Waals surface area contributed by atoms with Gasteiger partial charge in [-0.3, -0.25) is 0 Å². The molecule has 7 heteroatoms. The molecule has 0 bridgehead atoms. The predicted molar refractivity (Wildman–Crippen MR) is 60.4 cm³/mol. The molecule has 18 heavy (non-hydrogen) atoms. The van der Waals surface area contributed by atoms with E-state index >= 15 is 0 Å². The number of hydrogen-bond acceptors (Lipinski definition) is 4. The van der Waals surface area contributed by atoms with Crippen LogP contribution in [0.1, 0.15) is 12.8 Å². The van der Waals surface area contributed by atoms with Crippen molar-refractivity contribution < 1.29 is 17.9 Å². The number of aromatic nitrogens is 1. The van der Waals surface area contributed by atoms with Crippen LogP contribution in [0.2, 0.25) is 0 Å². The lowest BCUT2D eigenvalue weighted by Crippen LogP contribution is -2.44. The van der Waals surface area contributed by atoms with E-state index in [1.165, 1.54) is 12.3 Å². The minimum atomic E-state index is -4.35. The molecule has 100 valence electrons. The Hall–Kier alpha value is -1.50. The van der Waals surface area contributed by atoms with Crippen molar-refractivity contribution in [2.75, 3.05) is 11.9 Å². The van der Waals surface area contributed by atoms with Gasteiger partial charge in [-0.05, 0) is 18.9 Å². The first-order valence-electron chi connectivity index (χ1n) is 5.60. The first-order valence-corrected chi connectivity index (χ1v) is 5.60. The van der Waals surface area contributed by atoms with Gasteiger partial charge in [0.25, 0.3) is 0 Å². The van der Waals surface area contributed by atoms with Gasteiger partial charge >= 0.3 is 6.18 Å². The summed E-state index contributed by atoms with van der Waals surface area (Å²) in [5.74, 6) is -0.0387. The number of nitrogens with two attached hydrogens (primary N) is 1. The van der Waals surface area contributed by atoms with Gasteiger partial charge in [0.15, 0.2) is 6.61 Å². The highest BCUT2D eigenvalue weighted by Crippen LogP contribution is 2.23. The van der Waals surface area contributed by atoms with Crippen LogP contribution in [0.4, 0.5) is 18.9 Å². The second-order valence-corrected chi connectivity index (χ2v) is 4.36. The number of pyridine rings is 1. The molecule has 0 aliphatic heterocycles. The number of rotatable bonds is 4. The van der Waals surface area contributed by atoms with E-state index in [4.69, 9.17) is 5.73 Å². The summed E-state index contributed by atoms with van der Waals surface area (Å²) in [5.41, 5.74) is 6.40. The summed E-state index contributed by atoms with van der Waals surface area (Å²) in [5, 5.41) is 3.19. The number of halogens is 3. The molecule has 0 atom stereocenters. The van der Waals surface area contributed by atoms with E-state index in [0.29, 0.717) is 6.04 Å². The molecule has 3 N–H and O–H groups in total. The summed E-state index contributed by atoms with van der Waals surface area (Å²) in [7, 11) is 0. The van der Waals surface area contributed by atoms with Crippen LogP contribution in [0.25, 0.3) is 0 Å². The number of anilines is 1. The van der Waals surface area contributed by atoms with Gasteiger partial charge in [-0.15, -0.1) is 0 Å². The molecule has 1 heterocycles. The maximum atomic E-state index is 11.9. The van der Waals surface area contributed by atoms with Crippen LogP contribution in [0.5, 0.6) is 5.88 Å². The molecule has 1 saturated carbocycles. The van der Waals surface area contributed by atoms with Crippen molar-refractivity contribution in [3.63, 3.8) is 0 Å².